The molecule has 2 heterocycles. The number of rotatable bonds is 3. The third-order valence-corrected chi connectivity index (χ3v) is 2.78. The van der Waals surface area contributed by atoms with E-state index in [0.717, 1.165) is 30.8 Å². The van der Waals surface area contributed by atoms with Gasteiger partial charge >= 0.3 is 0 Å². The Hall–Kier alpha value is -1.59. The van der Waals surface area contributed by atoms with Gasteiger partial charge < -0.3 is 19.8 Å². The average molecular weight is 233 g/mol. The molecular formula is C12H15N3O2. The van der Waals surface area contributed by atoms with E-state index >= 15 is 0 Å². The maximum absolute atomic E-state index is 5.58. The lowest BCUT2D eigenvalue weighted by atomic mass is 10.3. The molecule has 1 atom stereocenters. The van der Waals surface area contributed by atoms with Crippen molar-refractivity contribution < 1.29 is 9.15 Å². The summed E-state index contributed by atoms with van der Waals surface area (Å²) in [5.41, 5.74) is 1.68. The van der Waals surface area contributed by atoms with Gasteiger partial charge in [0.2, 0.25) is 0 Å². The van der Waals surface area contributed by atoms with Gasteiger partial charge in [-0.05, 0) is 12.1 Å². The van der Waals surface area contributed by atoms with E-state index in [1.54, 1.807) is 0 Å². The molecule has 2 aromatic rings. The van der Waals surface area contributed by atoms with E-state index in [-0.39, 0.29) is 6.10 Å². The van der Waals surface area contributed by atoms with Gasteiger partial charge in [-0.25, -0.2) is 0 Å². The lowest BCUT2D eigenvalue weighted by molar-refractivity contribution is 0.0369. The van der Waals surface area contributed by atoms with E-state index in [2.05, 4.69) is 15.6 Å². The number of aromatic nitrogens is 1. The van der Waals surface area contributed by atoms with Crippen LogP contribution >= 0.6 is 0 Å². The van der Waals surface area contributed by atoms with Crippen LogP contribution in [0, 0.1) is 0 Å². The Morgan fingerprint density at radius 2 is 2.35 bits per heavy atom. The number of hydrogen-bond acceptors (Lipinski definition) is 5. The highest BCUT2D eigenvalue weighted by Crippen LogP contribution is 2.17. The Morgan fingerprint density at radius 1 is 1.41 bits per heavy atom. The molecule has 5 nitrogen and oxygen atoms in total. The number of nitrogens with one attached hydrogen (secondary N) is 2. The molecule has 1 aromatic carbocycles. The summed E-state index contributed by atoms with van der Waals surface area (Å²) in [6.45, 7) is 3.27. The second kappa shape index (κ2) is 4.73. The van der Waals surface area contributed by atoms with Crippen molar-refractivity contribution in [2.45, 2.75) is 6.10 Å². The van der Waals surface area contributed by atoms with E-state index in [1.807, 2.05) is 24.3 Å². The van der Waals surface area contributed by atoms with Crippen molar-refractivity contribution in [1.82, 2.24) is 10.3 Å². The number of fused-ring (bicyclic) bond motifs is 1. The molecule has 5 heteroatoms. The minimum Gasteiger partial charge on any atom is -0.424 e. The van der Waals surface area contributed by atoms with E-state index in [9.17, 15) is 0 Å². The number of morpholine rings is 1. The minimum absolute atomic E-state index is 0.179. The predicted molar refractivity (Wildman–Crippen MR) is 65.1 cm³/mol. The zero-order chi connectivity index (χ0) is 11.5. The third kappa shape index (κ3) is 2.40. The summed E-state index contributed by atoms with van der Waals surface area (Å²) in [4.78, 5) is 4.34. The van der Waals surface area contributed by atoms with Crippen molar-refractivity contribution in [2.24, 2.45) is 0 Å². The van der Waals surface area contributed by atoms with Gasteiger partial charge in [-0.1, -0.05) is 12.1 Å². The van der Waals surface area contributed by atoms with Gasteiger partial charge in [0, 0.05) is 19.6 Å². The highest BCUT2D eigenvalue weighted by molar-refractivity contribution is 5.74. The highest BCUT2D eigenvalue weighted by atomic mass is 16.5. The molecular weight excluding hydrogens is 218 g/mol. The molecule has 1 aliphatic heterocycles. The topological polar surface area (TPSA) is 59.3 Å². The Bertz CT molecular complexity index is 458. The predicted octanol–water partition coefficient (Wildman–Crippen LogP) is 1.23. The molecule has 0 aliphatic carbocycles. The van der Waals surface area contributed by atoms with Gasteiger partial charge in [0.15, 0.2) is 5.58 Å². The van der Waals surface area contributed by atoms with Crippen molar-refractivity contribution in [1.29, 1.82) is 0 Å². The fourth-order valence-corrected chi connectivity index (χ4v) is 1.90. The van der Waals surface area contributed by atoms with Crippen LogP contribution < -0.4 is 10.6 Å². The monoisotopic (exact) mass is 233 g/mol. The van der Waals surface area contributed by atoms with Gasteiger partial charge in [0.25, 0.3) is 6.01 Å². The number of ether oxygens (including phenoxy) is 1. The summed E-state index contributed by atoms with van der Waals surface area (Å²) in [6.07, 6.45) is 0.179. The summed E-state index contributed by atoms with van der Waals surface area (Å²) in [5, 5.41) is 6.44. The Labute approximate surface area is 99.2 Å². The maximum atomic E-state index is 5.58. The molecule has 0 spiro atoms. The van der Waals surface area contributed by atoms with Crippen LogP contribution in [0.1, 0.15) is 0 Å². The minimum atomic E-state index is 0.179. The molecule has 17 heavy (non-hydrogen) atoms. The Balaban J connectivity index is 1.64. The smallest absolute Gasteiger partial charge is 0.295 e. The van der Waals surface area contributed by atoms with E-state index in [1.165, 1.54) is 0 Å². The summed E-state index contributed by atoms with van der Waals surface area (Å²) in [7, 11) is 0. The summed E-state index contributed by atoms with van der Waals surface area (Å²) < 4.78 is 11.1. The lowest BCUT2D eigenvalue weighted by Crippen LogP contribution is -2.42. The molecule has 0 amide bonds. The summed E-state index contributed by atoms with van der Waals surface area (Å²) in [6, 6.07) is 8.28. The number of para-hydroxylation sites is 2. The van der Waals surface area contributed by atoms with Gasteiger partial charge in [-0.15, -0.1) is 0 Å². The second-order valence-corrected chi connectivity index (χ2v) is 4.06. The summed E-state index contributed by atoms with van der Waals surface area (Å²) in [5.74, 6) is 0. The molecule has 1 unspecified atom stereocenters. The molecule has 0 radical (unpaired) electrons. The molecule has 0 saturated carbocycles. The number of hydrogen-bond donors (Lipinski definition) is 2. The van der Waals surface area contributed by atoms with Crippen molar-refractivity contribution in [2.75, 3.05) is 31.6 Å². The quantitative estimate of drug-likeness (QED) is 0.835. The van der Waals surface area contributed by atoms with Crippen LogP contribution in [-0.4, -0.2) is 37.3 Å². The van der Waals surface area contributed by atoms with Crippen molar-refractivity contribution in [3.63, 3.8) is 0 Å². The van der Waals surface area contributed by atoms with Crippen LogP contribution in [0.4, 0.5) is 6.01 Å². The molecule has 1 aliphatic rings. The normalized spacial score (nSPS) is 20.6. The third-order valence-electron chi connectivity index (χ3n) is 2.78. The fraction of sp³-hybridized carbons (Fsp3) is 0.417. The van der Waals surface area contributed by atoms with Gasteiger partial charge in [0.1, 0.15) is 5.52 Å². The van der Waals surface area contributed by atoms with Crippen LogP contribution in [-0.2, 0) is 4.74 Å². The second-order valence-electron chi connectivity index (χ2n) is 4.06. The van der Waals surface area contributed by atoms with Crippen molar-refractivity contribution >= 4 is 17.1 Å². The van der Waals surface area contributed by atoms with Gasteiger partial charge in [-0.2, -0.15) is 4.98 Å². The first-order valence-electron chi connectivity index (χ1n) is 5.83. The standard InChI is InChI=1S/C12H15N3O2/c1-2-4-11-10(3-1)15-12(17-11)14-8-9-7-13-5-6-16-9/h1-4,9,13H,5-8H2,(H,14,15). The average Bonchev–Trinajstić information content (AvgIpc) is 2.80. The maximum Gasteiger partial charge on any atom is 0.295 e. The van der Waals surface area contributed by atoms with E-state index < -0.39 is 0 Å². The lowest BCUT2D eigenvalue weighted by Gasteiger charge is -2.23. The van der Waals surface area contributed by atoms with Gasteiger partial charge in [0.05, 0.1) is 12.7 Å². The summed E-state index contributed by atoms with van der Waals surface area (Å²) >= 11 is 0. The molecule has 1 saturated heterocycles. The van der Waals surface area contributed by atoms with Crippen LogP contribution in [0.15, 0.2) is 28.7 Å². The first-order chi connectivity index (χ1) is 8.42. The first kappa shape index (κ1) is 10.6. The number of nitrogens with zero attached hydrogens (tertiary/aromatic N) is 1. The van der Waals surface area contributed by atoms with Crippen LogP contribution in [0.25, 0.3) is 11.1 Å². The van der Waals surface area contributed by atoms with Crippen molar-refractivity contribution in [3.8, 4) is 0 Å². The molecule has 3 rings (SSSR count). The zero-order valence-electron chi connectivity index (χ0n) is 9.48. The molecule has 0 bridgehead atoms. The van der Waals surface area contributed by atoms with Crippen molar-refractivity contribution in [3.05, 3.63) is 24.3 Å². The molecule has 1 aromatic heterocycles. The van der Waals surface area contributed by atoms with Crippen LogP contribution in [0.5, 0.6) is 0 Å². The van der Waals surface area contributed by atoms with E-state index in [0.29, 0.717) is 12.6 Å². The largest absolute Gasteiger partial charge is 0.424 e. The number of oxazole rings is 1. The molecule has 90 valence electrons. The fourth-order valence-electron chi connectivity index (χ4n) is 1.90. The Kier molecular flexibility index (Phi) is 2.94. The molecule has 1 fully saturated rings. The van der Waals surface area contributed by atoms with Crippen LogP contribution in [0.2, 0.25) is 0 Å². The highest BCUT2D eigenvalue weighted by Gasteiger charge is 2.14. The van der Waals surface area contributed by atoms with Gasteiger partial charge in [-0.3, -0.25) is 0 Å². The number of benzene rings is 1. The molecule has 2 N–H and O–H groups in total. The van der Waals surface area contributed by atoms with Crippen LogP contribution in [0.3, 0.4) is 0 Å². The Morgan fingerprint density at radius 3 is 3.18 bits per heavy atom. The SMILES string of the molecule is c1ccc2oc(NCC3CNCCO3)nc2c1. The first-order valence-corrected chi connectivity index (χ1v) is 5.83. The van der Waals surface area contributed by atoms with E-state index in [4.69, 9.17) is 9.15 Å². The zero-order valence-corrected chi connectivity index (χ0v) is 9.48. The number of anilines is 1.